The molecular formula is C21H21IN2O6. The number of hydrogen-bond donors (Lipinski definition) is 2. The minimum absolute atomic E-state index is 0.0555. The third-order valence-electron chi connectivity index (χ3n) is 4.60. The molecular weight excluding hydrogens is 503 g/mol. The van der Waals surface area contributed by atoms with E-state index in [1.54, 1.807) is 54.6 Å². The Morgan fingerprint density at radius 1 is 1.17 bits per heavy atom. The van der Waals surface area contributed by atoms with Crippen LogP contribution in [0.25, 0.3) is 0 Å². The topological polar surface area (TPSA) is 105 Å². The Labute approximate surface area is 187 Å². The molecule has 2 aromatic rings. The van der Waals surface area contributed by atoms with Crippen molar-refractivity contribution in [1.82, 2.24) is 10.2 Å². The summed E-state index contributed by atoms with van der Waals surface area (Å²) in [4.78, 5) is 38.0. The van der Waals surface area contributed by atoms with E-state index in [0.29, 0.717) is 5.75 Å². The average molecular weight is 524 g/mol. The number of ether oxygens (including phenoxy) is 2. The van der Waals surface area contributed by atoms with E-state index in [-0.39, 0.29) is 11.0 Å². The van der Waals surface area contributed by atoms with E-state index in [0.717, 1.165) is 10.5 Å². The van der Waals surface area contributed by atoms with Gasteiger partial charge in [0.15, 0.2) is 5.66 Å². The van der Waals surface area contributed by atoms with Crippen LogP contribution in [0, 0.1) is 0 Å². The molecule has 0 aromatic heterocycles. The molecule has 3 atom stereocenters. The maximum absolute atomic E-state index is 12.8. The first kappa shape index (κ1) is 22.0. The molecule has 30 heavy (non-hydrogen) atoms. The van der Waals surface area contributed by atoms with Crippen molar-refractivity contribution in [2.45, 2.75) is 31.5 Å². The van der Waals surface area contributed by atoms with Crippen LogP contribution < -0.4 is 10.1 Å². The largest absolute Gasteiger partial charge is 0.476 e. The number of carbonyl (C=O) groups is 3. The summed E-state index contributed by atoms with van der Waals surface area (Å²) in [7, 11) is 0. The predicted molar refractivity (Wildman–Crippen MR) is 115 cm³/mol. The number of nitrogens with zero attached hydrogens (tertiary/aromatic N) is 1. The van der Waals surface area contributed by atoms with Crippen LogP contribution in [0.2, 0.25) is 0 Å². The molecule has 3 rings (SSSR count). The maximum atomic E-state index is 12.8. The Balaban J connectivity index is 1.78. The van der Waals surface area contributed by atoms with E-state index in [4.69, 9.17) is 9.47 Å². The highest BCUT2D eigenvalue weighted by Crippen LogP contribution is 2.37. The van der Waals surface area contributed by atoms with Crippen LogP contribution in [0.4, 0.5) is 0 Å². The van der Waals surface area contributed by atoms with Crippen molar-refractivity contribution in [2.75, 3.05) is 4.43 Å². The molecule has 2 aromatic carbocycles. The highest BCUT2D eigenvalue weighted by molar-refractivity contribution is 14.1. The Kier molecular flexibility index (Phi) is 6.93. The summed E-state index contributed by atoms with van der Waals surface area (Å²) >= 11 is 1.97. The first-order valence-electron chi connectivity index (χ1n) is 9.17. The van der Waals surface area contributed by atoms with Gasteiger partial charge in [0.1, 0.15) is 12.4 Å². The number of benzene rings is 2. The molecule has 1 fully saturated rings. The molecule has 1 saturated heterocycles. The van der Waals surface area contributed by atoms with Crippen LogP contribution in [0.5, 0.6) is 5.75 Å². The van der Waals surface area contributed by atoms with Crippen LogP contribution in [-0.2, 0) is 25.7 Å². The van der Waals surface area contributed by atoms with Gasteiger partial charge in [-0.15, -0.1) is 0 Å². The molecule has 0 aliphatic carbocycles. The van der Waals surface area contributed by atoms with Crippen LogP contribution in [0.15, 0.2) is 60.7 Å². The zero-order valence-corrected chi connectivity index (χ0v) is 18.3. The zero-order chi connectivity index (χ0) is 21.7. The van der Waals surface area contributed by atoms with E-state index >= 15 is 0 Å². The van der Waals surface area contributed by atoms with Crippen molar-refractivity contribution >= 4 is 40.4 Å². The number of esters is 1. The molecule has 9 heteroatoms. The van der Waals surface area contributed by atoms with Gasteiger partial charge in [-0.05, 0) is 17.7 Å². The maximum Gasteiger partial charge on any atom is 0.356 e. The Hall–Kier alpha value is -2.66. The number of β-lactam (4-membered cyclic amide) rings is 1. The third-order valence-corrected chi connectivity index (χ3v) is 5.76. The molecule has 0 radical (unpaired) electrons. The summed E-state index contributed by atoms with van der Waals surface area (Å²) in [6.45, 7) is 1.23. The first-order valence-corrected chi connectivity index (χ1v) is 10.7. The number of amides is 2. The van der Waals surface area contributed by atoms with E-state index in [1.165, 1.54) is 6.92 Å². The molecule has 1 heterocycles. The number of alkyl halides is 1. The van der Waals surface area contributed by atoms with Gasteiger partial charge in [0.05, 0.1) is 0 Å². The highest BCUT2D eigenvalue weighted by Gasteiger charge is 2.66. The molecule has 8 nitrogen and oxygen atoms in total. The van der Waals surface area contributed by atoms with E-state index < -0.39 is 35.8 Å². The molecule has 158 valence electrons. The molecule has 3 unspecified atom stereocenters. The number of aliphatic hydroxyl groups is 1. The van der Waals surface area contributed by atoms with Crippen LogP contribution in [-0.4, -0.2) is 50.2 Å². The smallest absolute Gasteiger partial charge is 0.356 e. The molecule has 1 aliphatic rings. The lowest BCUT2D eigenvalue weighted by Crippen LogP contribution is -2.85. The second kappa shape index (κ2) is 9.43. The SMILES string of the molecule is CC(=O)NC1(CI)C(Oc2ccccc2)C(=O)N1C(O)C(=O)OCc1ccccc1. The Morgan fingerprint density at radius 3 is 2.33 bits per heavy atom. The minimum atomic E-state index is -1.89. The zero-order valence-electron chi connectivity index (χ0n) is 16.2. The molecule has 0 saturated carbocycles. The summed E-state index contributed by atoms with van der Waals surface area (Å²) in [5.41, 5.74) is -0.662. The van der Waals surface area contributed by atoms with Crippen molar-refractivity contribution in [1.29, 1.82) is 0 Å². The predicted octanol–water partition coefficient (Wildman–Crippen LogP) is 1.61. The number of aliphatic hydroxyl groups excluding tert-OH is 1. The first-order chi connectivity index (χ1) is 14.4. The Morgan fingerprint density at radius 2 is 1.77 bits per heavy atom. The number of carbonyl (C=O) groups excluding carboxylic acids is 3. The number of halogens is 1. The van der Waals surface area contributed by atoms with Gasteiger partial charge in [-0.3, -0.25) is 14.5 Å². The summed E-state index contributed by atoms with van der Waals surface area (Å²) in [6, 6.07) is 17.6. The molecule has 2 N–H and O–H groups in total. The second-order valence-electron chi connectivity index (χ2n) is 6.73. The van der Waals surface area contributed by atoms with Gasteiger partial charge >= 0.3 is 5.97 Å². The summed E-state index contributed by atoms with van der Waals surface area (Å²) in [5.74, 6) is -1.63. The fourth-order valence-electron chi connectivity index (χ4n) is 3.22. The fourth-order valence-corrected chi connectivity index (χ4v) is 4.17. The van der Waals surface area contributed by atoms with Crippen molar-refractivity contribution < 1.29 is 29.0 Å². The van der Waals surface area contributed by atoms with Crippen molar-refractivity contribution in [2.24, 2.45) is 0 Å². The molecule has 0 spiro atoms. The lowest BCUT2D eigenvalue weighted by Gasteiger charge is -2.56. The van der Waals surface area contributed by atoms with Crippen molar-refractivity contribution in [3.63, 3.8) is 0 Å². The van der Waals surface area contributed by atoms with Gasteiger partial charge in [0.25, 0.3) is 5.91 Å². The Bertz CT molecular complexity index is 910. The fraction of sp³-hybridized carbons (Fsp3) is 0.286. The molecule has 0 bridgehead atoms. The second-order valence-corrected chi connectivity index (χ2v) is 7.49. The van der Waals surface area contributed by atoms with Gasteiger partial charge in [0.2, 0.25) is 18.2 Å². The standard InChI is InChI=1S/C21H21IN2O6/c1-14(25)23-21(13-22)17(30-16-10-6-3-7-11-16)18(26)24(21)19(27)20(28)29-12-15-8-4-2-5-9-15/h2-11,17,19,27H,12-13H2,1H3,(H,23,25). The van der Waals surface area contributed by atoms with Gasteiger partial charge in [-0.25, -0.2) is 4.79 Å². The van der Waals surface area contributed by atoms with Crippen LogP contribution in [0.1, 0.15) is 12.5 Å². The number of para-hydroxylation sites is 1. The quantitative estimate of drug-likeness (QED) is 0.236. The van der Waals surface area contributed by atoms with Gasteiger partial charge in [0, 0.05) is 11.4 Å². The van der Waals surface area contributed by atoms with E-state index in [1.807, 2.05) is 28.7 Å². The van der Waals surface area contributed by atoms with E-state index in [9.17, 15) is 19.5 Å². The average Bonchev–Trinajstić information content (AvgIpc) is 2.76. The normalized spacial score (nSPS) is 21.4. The number of likely N-dealkylation sites (tertiary alicyclic amines) is 1. The summed E-state index contributed by atoms with van der Waals surface area (Å²) in [6.07, 6.45) is -2.99. The van der Waals surface area contributed by atoms with Crippen LogP contribution >= 0.6 is 22.6 Å². The van der Waals surface area contributed by atoms with Gasteiger partial charge < -0.3 is 19.9 Å². The van der Waals surface area contributed by atoms with Crippen LogP contribution in [0.3, 0.4) is 0 Å². The number of hydrogen-bond acceptors (Lipinski definition) is 6. The van der Waals surface area contributed by atoms with Gasteiger partial charge in [-0.2, -0.15) is 0 Å². The lowest BCUT2D eigenvalue weighted by molar-refractivity contribution is -0.216. The molecule has 1 aliphatic heterocycles. The monoisotopic (exact) mass is 524 g/mol. The highest BCUT2D eigenvalue weighted by atomic mass is 127. The molecule has 2 amide bonds. The summed E-state index contributed by atoms with van der Waals surface area (Å²) < 4.78 is 11.1. The summed E-state index contributed by atoms with van der Waals surface area (Å²) in [5, 5.41) is 13.2. The van der Waals surface area contributed by atoms with Gasteiger partial charge in [-0.1, -0.05) is 71.1 Å². The minimum Gasteiger partial charge on any atom is -0.476 e. The third kappa shape index (κ3) is 4.41. The number of rotatable bonds is 8. The van der Waals surface area contributed by atoms with E-state index in [2.05, 4.69) is 5.32 Å². The number of nitrogens with one attached hydrogen (secondary N) is 1. The van der Waals surface area contributed by atoms with Crippen molar-refractivity contribution in [3.05, 3.63) is 66.2 Å². The van der Waals surface area contributed by atoms with Crippen molar-refractivity contribution in [3.8, 4) is 5.75 Å². The lowest BCUT2D eigenvalue weighted by atomic mass is 9.90.